The topological polar surface area (TPSA) is 104 Å². The van der Waals surface area contributed by atoms with E-state index in [-0.39, 0.29) is 11.3 Å². The number of nitrogens with zero attached hydrogens (tertiary/aromatic N) is 3. The Morgan fingerprint density at radius 3 is 2.64 bits per heavy atom. The zero-order valence-corrected chi connectivity index (χ0v) is 22.3. The summed E-state index contributed by atoms with van der Waals surface area (Å²) in [4.78, 5) is 18.2. The van der Waals surface area contributed by atoms with Crippen LogP contribution in [0.15, 0.2) is 37.0 Å². The molecule has 36 heavy (non-hydrogen) atoms. The van der Waals surface area contributed by atoms with Gasteiger partial charge in [-0.15, -0.1) is 0 Å². The first-order chi connectivity index (χ1) is 17.6. The second-order valence-corrected chi connectivity index (χ2v) is 11.8. The number of pyridine rings is 1. The smallest absolute Gasteiger partial charge is 0.315 e. The van der Waals surface area contributed by atoms with Crippen LogP contribution in [0.4, 0.5) is 4.79 Å². The molecule has 3 rings (SSSR count). The normalized spacial score (nSPS) is 16.6. The Kier molecular flexibility index (Phi) is 12.3. The highest BCUT2D eigenvalue weighted by Gasteiger charge is 2.32. The van der Waals surface area contributed by atoms with E-state index in [9.17, 15) is 13.2 Å². The molecule has 1 aliphatic heterocycles. The van der Waals surface area contributed by atoms with Crippen LogP contribution in [0.2, 0.25) is 0 Å². The third kappa shape index (κ3) is 9.97. The number of nitrogens with one attached hydrogen (secondary N) is 2. The van der Waals surface area contributed by atoms with E-state index in [1.165, 1.54) is 0 Å². The Bertz CT molecular complexity index is 891. The first-order valence-corrected chi connectivity index (χ1v) is 15.0. The van der Waals surface area contributed by atoms with Crippen LogP contribution in [-0.2, 0) is 21.3 Å². The molecular weight excluding hydrogens is 478 g/mol. The van der Waals surface area contributed by atoms with Crippen LogP contribution in [-0.4, -0.2) is 73.2 Å². The molecule has 0 radical (unpaired) electrons. The molecule has 0 bridgehead atoms. The SMILES string of the molecule is O=C(NCCCCCCN(CCCN1C=COCC1)S(=O)(=O)C1CCCCC1)NCc1cccnc1. The molecule has 10 heteroatoms. The minimum absolute atomic E-state index is 0.182. The first-order valence-electron chi connectivity index (χ1n) is 13.5. The summed E-state index contributed by atoms with van der Waals surface area (Å²) in [5.74, 6) is 0. The maximum atomic E-state index is 13.4. The molecule has 2 aliphatic rings. The van der Waals surface area contributed by atoms with Crippen molar-refractivity contribution in [1.82, 2.24) is 24.8 Å². The van der Waals surface area contributed by atoms with Gasteiger partial charge in [0.1, 0.15) is 6.61 Å². The summed E-state index contributed by atoms with van der Waals surface area (Å²) >= 11 is 0. The summed E-state index contributed by atoms with van der Waals surface area (Å²) < 4.78 is 33.8. The number of urea groups is 1. The Hall–Kier alpha value is -2.33. The number of sulfonamides is 1. The summed E-state index contributed by atoms with van der Waals surface area (Å²) in [6.07, 6.45) is 16.3. The van der Waals surface area contributed by atoms with E-state index < -0.39 is 10.0 Å². The van der Waals surface area contributed by atoms with Gasteiger partial charge in [0.25, 0.3) is 0 Å². The van der Waals surface area contributed by atoms with Gasteiger partial charge in [0.2, 0.25) is 10.0 Å². The fraction of sp³-hybridized carbons (Fsp3) is 0.692. The minimum atomic E-state index is -3.26. The van der Waals surface area contributed by atoms with Gasteiger partial charge in [-0.25, -0.2) is 17.5 Å². The predicted octanol–water partition coefficient (Wildman–Crippen LogP) is 3.60. The van der Waals surface area contributed by atoms with Crippen molar-refractivity contribution in [3.05, 3.63) is 42.6 Å². The number of carbonyl (C=O) groups is 1. The maximum Gasteiger partial charge on any atom is 0.315 e. The third-order valence-electron chi connectivity index (χ3n) is 6.85. The van der Waals surface area contributed by atoms with Crippen LogP contribution < -0.4 is 10.6 Å². The van der Waals surface area contributed by atoms with Crippen molar-refractivity contribution >= 4 is 16.1 Å². The van der Waals surface area contributed by atoms with E-state index in [2.05, 4.69) is 20.5 Å². The zero-order valence-electron chi connectivity index (χ0n) is 21.4. The van der Waals surface area contributed by atoms with E-state index in [0.29, 0.717) is 32.8 Å². The fourth-order valence-corrected chi connectivity index (χ4v) is 6.85. The van der Waals surface area contributed by atoms with Crippen molar-refractivity contribution in [2.24, 2.45) is 0 Å². The summed E-state index contributed by atoms with van der Waals surface area (Å²) in [7, 11) is -3.26. The van der Waals surface area contributed by atoms with E-state index in [1.807, 2.05) is 18.3 Å². The van der Waals surface area contributed by atoms with E-state index in [1.54, 1.807) is 23.0 Å². The van der Waals surface area contributed by atoms with Crippen molar-refractivity contribution in [3.8, 4) is 0 Å². The van der Waals surface area contributed by atoms with E-state index in [4.69, 9.17) is 4.74 Å². The third-order valence-corrected chi connectivity index (χ3v) is 9.24. The standard InChI is InChI=1S/C26H43N5O4S/c32-26(29-23-24-10-8-13-27-22-24)28-14-6-1-2-7-16-31(17-9-15-30-18-20-35-21-19-30)36(33,34)25-11-4-3-5-12-25/h8,10,13,18,20,22,25H,1-7,9,11-12,14-17,19,21,23H2,(H2,28,29,32). The summed E-state index contributed by atoms with van der Waals surface area (Å²) in [5.41, 5.74) is 0.960. The van der Waals surface area contributed by atoms with Crippen molar-refractivity contribution in [2.45, 2.75) is 76.0 Å². The molecular formula is C26H43N5O4S. The number of hydrogen-bond acceptors (Lipinski definition) is 6. The highest BCUT2D eigenvalue weighted by atomic mass is 32.2. The molecule has 2 heterocycles. The van der Waals surface area contributed by atoms with Gasteiger partial charge in [-0.3, -0.25) is 4.98 Å². The molecule has 0 aromatic carbocycles. The van der Waals surface area contributed by atoms with Crippen LogP contribution >= 0.6 is 0 Å². The van der Waals surface area contributed by atoms with Crippen LogP contribution in [0.5, 0.6) is 0 Å². The monoisotopic (exact) mass is 521 g/mol. The first kappa shape index (κ1) is 28.2. The van der Waals surface area contributed by atoms with Gasteiger partial charge in [0.05, 0.1) is 18.1 Å². The number of hydrogen-bond donors (Lipinski definition) is 2. The van der Waals surface area contributed by atoms with Gasteiger partial charge in [0.15, 0.2) is 0 Å². The van der Waals surface area contributed by atoms with Gasteiger partial charge < -0.3 is 20.3 Å². The molecule has 2 amide bonds. The molecule has 1 saturated carbocycles. The summed E-state index contributed by atoms with van der Waals surface area (Å²) in [6.45, 7) is 4.58. The number of ether oxygens (including phenoxy) is 1. The Morgan fingerprint density at radius 1 is 1.08 bits per heavy atom. The largest absolute Gasteiger partial charge is 0.498 e. The van der Waals surface area contributed by atoms with Crippen molar-refractivity contribution in [3.63, 3.8) is 0 Å². The molecule has 0 saturated heterocycles. The molecule has 1 aromatic rings. The van der Waals surface area contributed by atoms with Crippen LogP contribution in [0.3, 0.4) is 0 Å². The van der Waals surface area contributed by atoms with E-state index in [0.717, 1.165) is 82.9 Å². The number of amides is 2. The second-order valence-electron chi connectivity index (χ2n) is 9.63. The second kappa shape index (κ2) is 15.7. The van der Waals surface area contributed by atoms with Crippen LogP contribution in [0.1, 0.15) is 69.8 Å². The van der Waals surface area contributed by atoms with Gasteiger partial charge in [0, 0.05) is 51.3 Å². The fourth-order valence-electron chi connectivity index (χ4n) is 4.73. The van der Waals surface area contributed by atoms with Crippen molar-refractivity contribution < 1.29 is 17.9 Å². The highest BCUT2D eigenvalue weighted by molar-refractivity contribution is 7.89. The quantitative estimate of drug-likeness (QED) is 0.342. The summed E-state index contributed by atoms with van der Waals surface area (Å²) in [6, 6.07) is 3.58. The van der Waals surface area contributed by atoms with Crippen molar-refractivity contribution in [2.75, 3.05) is 39.3 Å². The molecule has 9 nitrogen and oxygen atoms in total. The zero-order chi connectivity index (χ0) is 25.5. The molecule has 1 fully saturated rings. The average Bonchev–Trinajstić information content (AvgIpc) is 2.92. The van der Waals surface area contributed by atoms with Crippen LogP contribution in [0, 0.1) is 0 Å². The lowest BCUT2D eigenvalue weighted by Gasteiger charge is -2.30. The molecule has 202 valence electrons. The van der Waals surface area contributed by atoms with Gasteiger partial charge in [-0.05, 0) is 43.7 Å². The Morgan fingerprint density at radius 2 is 1.89 bits per heavy atom. The lowest BCUT2D eigenvalue weighted by atomic mass is 10.0. The molecule has 0 spiro atoms. The van der Waals surface area contributed by atoms with Gasteiger partial charge in [-0.1, -0.05) is 38.2 Å². The minimum Gasteiger partial charge on any atom is -0.498 e. The van der Waals surface area contributed by atoms with Gasteiger partial charge >= 0.3 is 6.03 Å². The maximum absolute atomic E-state index is 13.4. The predicted molar refractivity (Wildman–Crippen MR) is 142 cm³/mol. The molecule has 2 N–H and O–H groups in total. The Labute approximate surface area is 216 Å². The van der Waals surface area contributed by atoms with Crippen LogP contribution in [0.25, 0.3) is 0 Å². The lowest BCUT2D eigenvalue weighted by molar-refractivity contribution is 0.170. The number of aromatic nitrogens is 1. The van der Waals surface area contributed by atoms with Gasteiger partial charge in [-0.2, -0.15) is 0 Å². The highest BCUT2D eigenvalue weighted by Crippen LogP contribution is 2.26. The van der Waals surface area contributed by atoms with Crippen molar-refractivity contribution in [1.29, 1.82) is 0 Å². The number of carbonyl (C=O) groups excluding carboxylic acids is 1. The Balaban J connectivity index is 1.34. The molecule has 0 atom stereocenters. The average molecular weight is 522 g/mol. The lowest BCUT2D eigenvalue weighted by Crippen LogP contribution is -2.41. The number of rotatable bonds is 15. The number of unbranched alkanes of at least 4 members (excludes halogenated alkanes) is 3. The van der Waals surface area contributed by atoms with E-state index >= 15 is 0 Å². The molecule has 1 aliphatic carbocycles. The summed E-state index contributed by atoms with van der Waals surface area (Å²) in [5, 5.41) is 5.49. The molecule has 0 unspecified atom stereocenters. The molecule has 1 aromatic heterocycles.